The Labute approximate surface area is 118 Å². The summed E-state index contributed by atoms with van der Waals surface area (Å²) in [5.74, 6) is -1.01. The number of carbonyl (C=O) groups is 2. The van der Waals surface area contributed by atoms with Gasteiger partial charge in [0.15, 0.2) is 0 Å². The second kappa shape index (κ2) is 7.38. The molecular weight excluding hydrogens is 320 g/mol. The Kier molecular flexibility index (Phi) is 6.14. The number of halogens is 1. The molecule has 0 radical (unpaired) electrons. The van der Waals surface area contributed by atoms with Gasteiger partial charge in [-0.25, -0.2) is 9.59 Å². The highest BCUT2D eigenvalue weighted by Crippen LogP contribution is 2.21. The largest absolute Gasteiger partial charge is 0.480 e. The van der Waals surface area contributed by atoms with Crippen LogP contribution in [0.5, 0.6) is 0 Å². The summed E-state index contributed by atoms with van der Waals surface area (Å²) in [5, 5.41) is 14.0. The van der Waals surface area contributed by atoms with Crippen LogP contribution in [-0.4, -0.2) is 23.1 Å². The minimum Gasteiger partial charge on any atom is -0.480 e. The van der Waals surface area contributed by atoms with Crippen molar-refractivity contribution >= 4 is 39.3 Å². The number of carboxylic acid groups (broad SMARTS) is 1. The first-order chi connectivity index (χ1) is 8.52. The fraction of sp³-hybridized carbons (Fsp3) is 0.455. The van der Waals surface area contributed by atoms with Crippen molar-refractivity contribution in [1.82, 2.24) is 10.6 Å². The topological polar surface area (TPSA) is 78.4 Å². The third-order valence-electron chi connectivity index (χ3n) is 2.23. The van der Waals surface area contributed by atoms with Gasteiger partial charge in [-0.2, -0.15) is 0 Å². The molecule has 5 nitrogen and oxygen atoms in total. The summed E-state index contributed by atoms with van der Waals surface area (Å²) in [5.41, 5.74) is 0. The van der Waals surface area contributed by atoms with Crippen LogP contribution >= 0.6 is 27.3 Å². The number of carboxylic acids is 1. The van der Waals surface area contributed by atoms with E-state index in [0.29, 0.717) is 19.4 Å². The summed E-state index contributed by atoms with van der Waals surface area (Å²) in [6, 6.07) is 2.51. The number of carbonyl (C=O) groups excluding carboxylic acids is 1. The second-order valence-electron chi connectivity index (χ2n) is 3.71. The van der Waals surface area contributed by atoms with E-state index in [4.69, 9.17) is 5.11 Å². The van der Waals surface area contributed by atoms with Gasteiger partial charge >= 0.3 is 12.0 Å². The van der Waals surface area contributed by atoms with Crippen molar-refractivity contribution < 1.29 is 14.7 Å². The summed E-state index contributed by atoms with van der Waals surface area (Å²) in [7, 11) is 0. The highest BCUT2D eigenvalue weighted by Gasteiger charge is 2.18. The minimum atomic E-state index is -1.01. The van der Waals surface area contributed by atoms with Crippen LogP contribution in [0.2, 0.25) is 0 Å². The SMILES string of the molecule is CCC[C@H](NC(=O)NCc1ccc(Br)s1)C(=O)O. The molecule has 0 saturated heterocycles. The Hall–Kier alpha value is -1.08. The van der Waals surface area contributed by atoms with Crippen LogP contribution in [0.15, 0.2) is 15.9 Å². The lowest BCUT2D eigenvalue weighted by molar-refractivity contribution is -0.139. The van der Waals surface area contributed by atoms with Gasteiger partial charge in [0.1, 0.15) is 6.04 Å². The van der Waals surface area contributed by atoms with E-state index in [0.717, 1.165) is 8.66 Å². The Bertz CT molecular complexity index is 422. The van der Waals surface area contributed by atoms with Crippen molar-refractivity contribution in [3.8, 4) is 0 Å². The van der Waals surface area contributed by atoms with Crippen molar-refractivity contribution in [3.05, 3.63) is 20.8 Å². The van der Waals surface area contributed by atoms with Crippen LogP contribution in [0.4, 0.5) is 4.79 Å². The maximum atomic E-state index is 11.5. The van der Waals surface area contributed by atoms with Gasteiger partial charge in [0, 0.05) is 4.88 Å². The van der Waals surface area contributed by atoms with Crippen LogP contribution < -0.4 is 10.6 Å². The molecule has 7 heteroatoms. The van der Waals surface area contributed by atoms with Gasteiger partial charge < -0.3 is 15.7 Å². The zero-order valence-electron chi connectivity index (χ0n) is 9.90. The zero-order chi connectivity index (χ0) is 13.5. The van der Waals surface area contributed by atoms with Gasteiger partial charge in [-0.15, -0.1) is 11.3 Å². The van der Waals surface area contributed by atoms with Crippen LogP contribution in [0.25, 0.3) is 0 Å². The average Bonchev–Trinajstić information content (AvgIpc) is 2.72. The highest BCUT2D eigenvalue weighted by atomic mass is 79.9. The van der Waals surface area contributed by atoms with E-state index in [1.165, 1.54) is 11.3 Å². The van der Waals surface area contributed by atoms with E-state index in [-0.39, 0.29) is 0 Å². The second-order valence-corrected chi connectivity index (χ2v) is 6.26. The molecule has 0 aromatic carbocycles. The summed E-state index contributed by atoms with van der Waals surface area (Å²) >= 11 is 4.85. The molecule has 0 saturated carbocycles. The zero-order valence-corrected chi connectivity index (χ0v) is 12.3. The molecule has 0 bridgehead atoms. The Morgan fingerprint density at radius 3 is 2.72 bits per heavy atom. The molecule has 1 aromatic heterocycles. The Balaban J connectivity index is 2.38. The maximum Gasteiger partial charge on any atom is 0.326 e. The minimum absolute atomic E-state index is 0.389. The lowest BCUT2D eigenvalue weighted by Gasteiger charge is -2.13. The molecule has 0 aliphatic carbocycles. The summed E-state index contributed by atoms with van der Waals surface area (Å²) in [4.78, 5) is 23.4. The molecule has 2 amide bonds. The molecule has 1 rings (SSSR count). The quantitative estimate of drug-likeness (QED) is 0.748. The van der Waals surface area contributed by atoms with Crippen molar-refractivity contribution in [2.75, 3.05) is 0 Å². The Morgan fingerprint density at radius 1 is 1.50 bits per heavy atom. The predicted octanol–water partition coefficient (Wildman–Crippen LogP) is 2.56. The average molecular weight is 335 g/mol. The number of aliphatic carboxylic acids is 1. The first kappa shape index (κ1) is 15.0. The van der Waals surface area contributed by atoms with Crippen LogP contribution in [0.1, 0.15) is 24.6 Å². The number of thiophene rings is 1. The van der Waals surface area contributed by atoms with Crippen molar-refractivity contribution in [2.45, 2.75) is 32.4 Å². The smallest absolute Gasteiger partial charge is 0.326 e. The van der Waals surface area contributed by atoms with E-state index < -0.39 is 18.0 Å². The molecular formula is C11H15BrN2O3S. The van der Waals surface area contributed by atoms with Crippen LogP contribution in [0.3, 0.4) is 0 Å². The summed E-state index contributed by atoms with van der Waals surface area (Å²) < 4.78 is 0.995. The summed E-state index contributed by atoms with van der Waals surface area (Å²) in [6.45, 7) is 2.26. The molecule has 1 heterocycles. The normalized spacial score (nSPS) is 11.9. The van der Waals surface area contributed by atoms with E-state index in [1.54, 1.807) is 0 Å². The van der Waals surface area contributed by atoms with Gasteiger partial charge in [0.2, 0.25) is 0 Å². The lowest BCUT2D eigenvalue weighted by atomic mass is 10.2. The standard InChI is InChI=1S/C11H15BrN2O3S/c1-2-3-8(10(15)16)14-11(17)13-6-7-4-5-9(12)18-7/h4-5,8H,2-3,6H2,1H3,(H,15,16)(H2,13,14,17)/t8-/m0/s1. The molecule has 0 aliphatic rings. The van der Waals surface area contributed by atoms with Gasteiger partial charge in [-0.3, -0.25) is 0 Å². The fourth-order valence-electron chi connectivity index (χ4n) is 1.37. The third kappa shape index (κ3) is 5.05. The Morgan fingerprint density at radius 2 is 2.22 bits per heavy atom. The lowest BCUT2D eigenvalue weighted by Crippen LogP contribution is -2.45. The molecule has 0 spiro atoms. The number of hydrogen-bond donors (Lipinski definition) is 3. The van der Waals surface area contributed by atoms with Gasteiger partial charge in [-0.1, -0.05) is 13.3 Å². The first-order valence-electron chi connectivity index (χ1n) is 5.54. The predicted molar refractivity (Wildman–Crippen MR) is 73.7 cm³/mol. The maximum absolute atomic E-state index is 11.5. The van der Waals surface area contributed by atoms with Gasteiger partial charge in [0.05, 0.1) is 10.3 Å². The van der Waals surface area contributed by atoms with E-state index in [9.17, 15) is 9.59 Å². The van der Waals surface area contributed by atoms with Crippen molar-refractivity contribution in [3.63, 3.8) is 0 Å². The van der Waals surface area contributed by atoms with E-state index in [2.05, 4.69) is 26.6 Å². The van der Waals surface area contributed by atoms with E-state index >= 15 is 0 Å². The number of amides is 2. The molecule has 1 atom stereocenters. The van der Waals surface area contributed by atoms with Crippen molar-refractivity contribution in [2.24, 2.45) is 0 Å². The van der Waals surface area contributed by atoms with Crippen LogP contribution in [0, 0.1) is 0 Å². The number of nitrogens with one attached hydrogen (secondary N) is 2. The fourth-order valence-corrected chi connectivity index (χ4v) is 2.79. The number of urea groups is 1. The van der Waals surface area contributed by atoms with Crippen molar-refractivity contribution in [1.29, 1.82) is 0 Å². The monoisotopic (exact) mass is 334 g/mol. The first-order valence-corrected chi connectivity index (χ1v) is 7.15. The molecule has 100 valence electrons. The molecule has 3 N–H and O–H groups in total. The highest BCUT2D eigenvalue weighted by molar-refractivity contribution is 9.11. The molecule has 18 heavy (non-hydrogen) atoms. The number of rotatable bonds is 6. The molecule has 0 fully saturated rings. The van der Waals surface area contributed by atoms with Gasteiger partial charge in [-0.05, 0) is 34.5 Å². The van der Waals surface area contributed by atoms with E-state index in [1.807, 2.05) is 19.1 Å². The molecule has 0 aliphatic heterocycles. The van der Waals surface area contributed by atoms with Crippen LogP contribution in [-0.2, 0) is 11.3 Å². The molecule has 0 unspecified atom stereocenters. The summed E-state index contributed by atoms with van der Waals surface area (Å²) in [6.07, 6.45) is 1.13. The molecule has 1 aromatic rings. The number of hydrogen-bond acceptors (Lipinski definition) is 3. The van der Waals surface area contributed by atoms with Gasteiger partial charge in [0.25, 0.3) is 0 Å². The third-order valence-corrected chi connectivity index (χ3v) is 3.86.